The van der Waals surface area contributed by atoms with E-state index in [-0.39, 0.29) is 6.04 Å². The molecule has 3 nitrogen and oxygen atoms in total. The zero-order valence-electron chi connectivity index (χ0n) is 10.4. The van der Waals surface area contributed by atoms with Crippen molar-refractivity contribution in [3.05, 3.63) is 34.9 Å². The first-order chi connectivity index (χ1) is 7.67. The lowest BCUT2D eigenvalue weighted by Gasteiger charge is -2.17. The third kappa shape index (κ3) is 3.93. The maximum Gasteiger partial charge on any atom is 0.0484 e. The fourth-order valence-corrected chi connectivity index (χ4v) is 1.90. The molecule has 1 atom stereocenters. The van der Waals surface area contributed by atoms with Crippen LogP contribution in [0.2, 0.25) is 0 Å². The first kappa shape index (κ1) is 13.2. The van der Waals surface area contributed by atoms with E-state index in [0.29, 0.717) is 0 Å². The monoisotopic (exact) mass is 222 g/mol. The SMILES string of the molecule is CCOCCC(NN)c1cc(C)cc(C)c1. The van der Waals surface area contributed by atoms with E-state index < -0.39 is 0 Å². The number of hydrazine groups is 1. The van der Waals surface area contributed by atoms with Crippen LogP contribution in [0.1, 0.15) is 36.1 Å². The Hall–Kier alpha value is -0.900. The van der Waals surface area contributed by atoms with E-state index in [0.717, 1.165) is 19.6 Å². The first-order valence-corrected chi connectivity index (χ1v) is 5.79. The highest BCUT2D eigenvalue weighted by Crippen LogP contribution is 2.19. The van der Waals surface area contributed by atoms with Gasteiger partial charge in [-0.25, -0.2) is 0 Å². The molecule has 3 N–H and O–H groups in total. The second-order valence-corrected chi connectivity index (χ2v) is 4.13. The molecule has 0 spiro atoms. The molecule has 90 valence electrons. The minimum absolute atomic E-state index is 0.171. The molecule has 1 unspecified atom stereocenters. The molecule has 0 aromatic heterocycles. The lowest BCUT2D eigenvalue weighted by atomic mass is 10.00. The summed E-state index contributed by atoms with van der Waals surface area (Å²) in [5, 5.41) is 0. The van der Waals surface area contributed by atoms with Gasteiger partial charge in [0.1, 0.15) is 0 Å². The van der Waals surface area contributed by atoms with Crippen LogP contribution < -0.4 is 11.3 Å². The average Bonchev–Trinajstić information content (AvgIpc) is 2.23. The van der Waals surface area contributed by atoms with E-state index in [1.54, 1.807) is 0 Å². The number of nitrogens with one attached hydrogen (secondary N) is 1. The molecule has 0 aliphatic rings. The van der Waals surface area contributed by atoms with Crippen molar-refractivity contribution in [2.45, 2.75) is 33.2 Å². The Balaban J connectivity index is 2.70. The van der Waals surface area contributed by atoms with Gasteiger partial charge in [-0.15, -0.1) is 0 Å². The Bertz CT molecular complexity index is 305. The summed E-state index contributed by atoms with van der Waals surface area (Å²) >= 11 is 0. The predicted octanol–water partition coefficient (Wildman–Crippen LogP) is 2.23. The van der Waals surface area contributed by atoms with Crippen LogP contribution >= 0.6 is 0 Å². The topological polar surface area (TPSA) is 47.3 Å². The maximum absolute atomic E-state index is 5.58. The Morgan fingerprint density at radius 3 is 2.38 bits per heavy atom. The number of ether oxygens (including phenoxy) is 1. The van der Waals surface area contributed by atoms with Crippen LogP contribution in [0.3, 0.4) is 0 Å². The number of nitrogens with two attached hydrogens (primary N) is 1. The molecule has 3 heteroatoms. The summed E-state index contributed by atoms with van der Waals surface area (Å²) in [5.41, 5.74) is 6.63. The van der Waals surface area contributed by atoms with Gasteiger partial charge in [-0.2, -0.15) is 0 Å². The summed E-state index contributed by atoms with van der Waals surface area (Å²) in [7, 11) is 0. The number of benzene rings is 1. The zero-order chi connectivity index (χ0) is 12.0. The second-order valence-electron chi connectivity index (χ2n) is 4.13. The van der Waals surface area contributed by atoms with E-state index in [1.165, 1.54) is 16.7 Å². The minimum atomic E-state index is 0.171. The zero-order valence-corrected chi connectivity index (χ0v) is 10.4. The third-order valence-corrected chi connectivity index (χ3v) is 2.60. The molecule has 0 heterocycles. The molecule has 1 rings (SSSR count). The average molecular weight is 222 g/mol. The number of aryl methyl sites for hydroxylation is 2. The van der Waals surface area contributed by atoms with Gasteiger partial charge in [0, 0.05) is 19.3 Å². The van der Waals surface area contributed by atoms with Gasteiger partial charge < -0.3 is 4.74 Å². The minimum Gasteiger partial charge on any atom is -0.382 e. The van der Waals surface area contributed by atoms with E-state index in [1.807, 2.05) is 6.92 Å². The predicted molar refractivity (Wildman–Crippen MR) is 67.1 cm³/mol. The third-order valence-electron chi connectivity index (χ3n) is 2.60. The van der Waals surface area contributed by atoms with Crippen molar-refractivity contribution in [3.8, 4) is 0 Å². The fraction of sp³-hybridized carbons (Fsp3) is 0.538. The molecule has 0 saturated heterocycles. The summed E-state index contributed by atoms with van der Waals surface area (Å²) in [6.45, 7) is 7.70. The number of rotatable bonds is 6. The van der Waals surface area contributed by atoms with Crippen molar-refractivity contribution in [2.75, 3.05) is 13.2 Å². The summed E-state index contributed by atoms with van der Waals surface area (Å²) in [5.74, 6) is 5.58. The summed E-state index contributed by atoms with van der Waals surface area (Å²) in [6, 6.07) is 6.68. The molecule has 1 aromatic rings. The van der Waals surface area contributed by atoms with Crippen molar-refractivity contribution in [1.82, 2.24) is 5.43 Å². The highest BCUT2D eigenvalue weighted by molar-refractivity contribution is 5.30. The van der Waals surface area contributed by atoms with Crippen molar-refractivity contribution >= 4 is 0 Å². The second kappa shape index (κ2) is 6.63. The Labute approximate surface area is 98.0 Å². The molecule has 16 heavy (non-hydrogen) atoms. The molecule has 0 amide bonds. The van der Waals surface area contributed by atoms with Gasteiger partial charge in [0.2, 0.25) is 0 Å². The van der Waals surface area contributed by atoms with Gasteiger partial charge in [-0.3, -0.25) is 11.3 Å². The van der Waals surface area contributed by atoms with Crippen molar-refractivity contribution in [1.29, 1.82) is 0 Å². The fourth-order valence-electron chi connectivity index (χ4n) is 1.90. The van der Waals surface area contributed by atoms with E-state index >= 15 is 0 Å². The van der Waals surface area contributed by atoms with Gasteiger partial charge in [0.25, 0.3) is 0 Å². The first-order valence-electron chi connectivity index (χ1n) is 5.79. The van der Waals surface area contributed by atoms with Gasteiger partial charge in [0.05, 0.1) is 0 Å². The van der Waals surface area contributed by atoms with Gasteiger partial charge in [-0.1, -0.05) is 29.3 Å². The summed E-state index contributed by atoms with van der Waals surface area (Å²) < 4.78 is 5.35. The van der Waals surface area contributed by atoms with Crippen molar-refractivity contribution < 1.29 is 4.74 Å². The molecule has 0 bridgehead atoms. The van der Waals surface area contributed by atoms with Crippen LogP contribution in [-0.4, -0.2) is 13.2 Å². The van der Waals surface area contributed by atoms with E-state index in [2.05, 4.69) is 37.5 Å². The smallest absolute Gasteiger partial charge is 0.0484 e. The molecule has 0 radical (unpaired) electrons. The summed E-state index contributed by atoms with van der Waals surface area (Å²) in [6.07, 6.45) is 0.896. The Morgan fingerprint density at radius 2 is 1.88 bits per heavy atom. The Morgan fingerprint density at radius 1 is 1.25 bits per heavy atom. The van der Waals surface area contributed by atoms with Gasteiger partial charge in [-0.05, 0) is 32.8 Å². The molecule has 0 saturated carbocycles. The van der Waals surface area contributed by atoms with Crippen LogP contribution in [0, 0.1) is 13.8 Å². The van der Waals surface area contributed by atoms with Crippen LogP contribution in [0.15, 0.2) is 18.2 Å². The van der Waals surface area contributed by atoms with E-state index in [4.69, 9.17) is 10.6 Å². The standard InChI is InChI=1S/C13H22N2O/c1-4-16-6-5-13(15-14)12-8-10(2)7-11(3)9-12/h7-9,13,15H,4-6,14H2,1-3H3. The number of hydrogen-bond acceptors (Lipinski definition) is 3. The van der Waals surface area contributed by atoms with Crippen LogP contribution in [-0.2, 0) is 4.74 Å². The maximum atomic E-state index is 5.58. The largest absolute Gasteiger partial charge is 0.382 e. The van der Waals surface area contributed by atoms with Crippen molar-refractivity contribution in [3.63, 3.8) is 0 Å². The molecular weight excluding hydrogens is 200 g/mol. The summed E-state index contributed by atoms with van der Waals surface area (Å²) in [4.78, 5) is 0. The normalized spacial score (nSPS) is 12.8. The van der Waals surface area contributed by atoms with Gasteiger partial charge in [0.15, 0.2) is 0 Å². The van der Waals surface area contributed by atoms with Crippen LogP contribution in [0.4, 0.5) is 0 Å². The highest BCUT2D eigenvalue weighted by Gasteiger charge is 2.09. The van der Waals surface area contributed by atoms with Crippen LogP contribution in [0.25, 0.3) is 0 Å². The lowest BCUT2D eigenvalue weighted by Crippen LogP contribution is -2.29. The van der Waals surface area contributed by atoms with Crippen molar-refractivity contribution in [2.24, 2.45) is 5.84 Å². The molecule has 1 aromatic carbocycles. The highest BCUT2D eigenvalue weighted by atomic mass is 16.5. The lowest BCUT2D eigenvalue weighted by molar-refractivity contribution is 0.136. The Kier molecular flexibility index (Phi) is 5.46. The molecule has 0 aliphatic carbocycles. The van der Waals surface area contributed by atoms with E-state index in [9.17, 15) is 0 Å². The molecular formula is C13H22N2O. The number of hydrogen-bond donors (Lipinski definition) is 2. The molecule has 0 aliphatic heterocycles. The van der Waals surface area contributed by atoms with Gasteiger partial charge >= 0.3 is 0 Å². The quantitative estimate of drug-likeness (QED) is 0.441. The van der Waals surface area contributed by atoms with Crippen LogP contribution in [0.5, 0.6) is 0 Å². The molecule has 0 fully saturated rings.